The molecule has 4 unspecified atom stereocenters. The molecular formula is C19H22O6. The highest BCUT2D eigenvalue weighted by atomic mass is 16.7. The van der Waals surface area contributed by atoms with Gasteiger partial charge >= 0.3 is 11.9 Å². The molecule has 6 nitrogen and oxygen atoms in total. The van der Waals surface area contributed by atoms with Gasteiger partial charge in [-0.2, -0.15) is 0 Å². The number of rotatable bonds is 2. The smallest absolute Gasteiger partial charge is 0.334 e. The lowest BCUT2D eigenvalue weighted by molar-refractivity contribution is -0.178. The number of hydrogen-bond donors (Lipinski definition) is 1. The van der Waals surface area contributed by atoms with Crippen LogP contribution in [0.5, 0.6) is 0 Å². The third-order valence-electron chi connectivity index (χ3n) is 4.74. The molecule has 0 aliphatic carbocycles. The van der Waals surface area contributed by atoms with E-state index in [0.717, 1.165) is 11.1 Å². The highest BCUT2D eigenvalue weighted by Crippen LogP contribution is 2.43. The van der Waals surface area contributed by atoms with Gasteiger partial charge in [-0.3, -0.25) is 0 Å². The van der Waals surface area contributed by atoms with E-state index in [4.69, 9.17) is 14.2 Å². The molecule has 0 spiro atoms. The van der Waals surface area contributed by atoms with Crippen LogP contribution < -0.4 is 0 Å². The number of aliphatic hydroxyl groups is 1. The number of ether oxygens (including phenoxy) is 3. The van der Waals surface area contributed by atoms with Crippen LogP contribution in [0.1, 0.15) is 27.2 Å². The molecule has 1 saturated heterocycles. The molecule has 1 fully saturated rings. The molecule has 25 heavy (non-hydrogen) atoms. The molecule has 3 aliphatic heterocycles. The van der Waals surface area contributed by atoms with E-state index >= 15 is 0 Å². The maximum Gasteiger partial charge on any atom is 0.334 e. The Morgan fingerprint density at radius 2 is 2.08 bits per heavy atom. The van der Waals surface area contributed by atoms with Crippen LogP contribution in [0, 0.1) is 5.92 Å². The maximum absolute atomic E-state index is 12.1. The monoisotopic (exact) mass is 346 g/mol. The van der Waals surface area contributed by atoms with Gasteiger partial charge in [-0.25, -0.2) is 9.59 Å². The first-order chi connectivity index (χ1) is 11.6. The number of carbonyl (C=O) groups is 2. The first-order valence-electron chi connectivity index (χ1n) is 8.15. The van der Waals surface area contributed by atoms with Crippen molar-refractivity contribution in [2.75, 3.05) is 0 Å². The summed E-state index contributed by atoms with van der Waals surface area (Å²) in [7, 11) is 0. The van der Waals surface area contributed by atoms with Crippen molar-refractivity contribution in [2.24, 2.45) is 5.92 Å². The van der Waals surface area contributed by atoms with Gasteiger partial charge in [0.2, 0.25) is 5.79 Å². The third-order valence-corrected chi connectivity index (χ3v) is 4.74. The molecule has 0 amide bonds. The van der Waals surface area contributed by atoms with Crippen LogP contribution in [0.2, 0.25) is 0 Å². The molecular weight excluding hydrogens is 324 g/mol. The first-order valence-corrected chi connectivity index (χ1v) is 8.15. The van der Waals surface area contributed by atoms with Crippen molar-refractivity contribution in [1.29, 1.82) is 0 Å². The molecule has 0 aromatic rings. The Morgan fingerprint density at radius 1 is 1.40 bits per heavy atom. The minimum atomic E-state index is -1.56. The second kappa shape index (κ2) is 5.97. The normalized spacial score (nSPS) is 39.2. The van der Waals surface area contributed by atoms with Crippen LogP contribution in [0.25, 0.3) is 0 Å². The Balaban J connectivity index is 2.05. The molecule has 5 atom stereocenters. The largest absolute Gasteiger partial charge is 0.458 e. The van der Waals surface area contributed by atoms with Gasteiger partial charge in [-0.05, 0) is 38.5 Å². The molecule has 0 aromatic carbocycles. The van der Waals surface area contributed by atoms with Crippen LogP contribution >= 0.6 is 0 Å². The van der Waals surface area contributed by atoms with E-state index in [1.54, 1.807) is 32.9 Å². The van der Waals surface area contributed by atoms with Crippen LogP contribution in [0.4, 0.5) is 0 Å². The summed E-state index contributed by atoms with van der Waals surface area (Å²) in [6.45, 7) is 12.6. The molecule has 134 valence electrons. The average Bonchev–Trinajstić information content (AvgIpc) is 2.95. The molecule has 2 bridgehead atoms. The summed E-state index contributed by atoms with van der Waals surface area (Å²) < 4.78 is 16.8. The van der Waals surface area contributed by atoms with E-state index in [9.17, 15) is 14.7 Å². The lowest BCUT2D eigenvalue weighted by atomic mass is 9.83. The van der Waals surface area contributed by atoms with Gasteiger partial charge in [0.05, 0.1) is 5.92 Å². The number of esters is 2. The zero-order valence-corrected chi connectivity index (χ0v) is 14.6. The Bertz CT molecular complexity index is 730. The lowest BCUT2D eigenvalue weighted by Crippen LogP contribution is -2.41. The van der Waals surface area contributed by atoms with Gasteiger partial charge in [0, 0.05) is 17.6 Å². The fourth-order valence-electron chi connectivity index (χ4n) is 3.64. The highest BCUT2D eigenvalue weighted by Gasteiger charge is 2.53. The summed E-state index contributed by atoms with van der Waals surface area (Å²) in [5.74, 6) is -3.21. The predicted octanol–water partition coefficient (Wildman–Crippen LogP) is 1.96. The Hall–Kier alpha value is -2.18. The number of fused-ring (bicyclic) bond motifs is 4. The first kappa shape index (κ1) is 17.6. The number of hydrogen-bond acceptors (Lipinski definition) is 6. The molecule has 6 heteroatoms. The maximum atomic E-state index is 12.1. The summed E-state index contributed by atoms with van der Waals surface area (Å²) in [5, 5.41) is 10.6. The predicted molar refractivity (Wildman–Crippen MR) is 89.2 cm³/mol. The Labute approximate surface area is 146 Å². The standard InChI is InChI=1S/C19H22O6/c1-9(2)17(20)23-13-6-10(3)7-19(22)8-11(4)15(25-19)16-14(13)12(5)18(21)24-16/h7-8,13-16,22H,1,5-6H2,2-4H3/b10-7-/t13?,14?,15?,16-,19?/m0/s1. The van der Waals surface area contributed by atoms with E-state index in [0.29, 0.717) is 6.42 Å². The highest BCUT2D eigenvalue weighted by molar-refractivity contribution is 5.91. The average molecular weight is 346 g/mol. The van der Waals surface area contributed by atoms with Gasteiger partial charge < -0.3 is 19.3 Å². The Kier molecular flexibility index (Phi) is 4.21. The van der Waals surface area contributed by atoms with Gasteiger partial charge in [0.25, 0.3) is 0 Å². The zero-order valence-electron chi connectivity index (χ0n) is 14.6. The summed E-state index contributed by atoms with van der Waals surface area (Å²) in [6.07, 6.45) is 1.50. The minimum Gasteiger partial charge on any atom is -0.458 e. The van der Waals surface area contributed by atoms with E-state index in [2.05, 4.69) is 13.2 Å². The molecule has 3 heterocycles. The van der Waals surface area contributed by atoms with Gasteiger partial charge in [-0.15, -0.1) is 0 Å². The molecule has 3 rings (SSSR count). The molecule has 0 radical (unpaired) electrons. The van der Waals surface area contributed by atoms with Crippen molar-refractivity contribution in [1.82, 2.24) is 0 Å². The van der Waals surface area contributed by atoms with Gasteiger partial charge in [0.15, 0.2) is 0 Å². The lowest BCUT2D eigenvalue weighted by Gasteiger charge is -2.30. The van der Waals surface area contributed by atoms with Crippen molar-refractivity contribution in [3.05, 3.63) is 47.6 Å². The van der Waals surface area contributed by atoms with E-state index in [1.165, 1.54) is 0 Å². The van der Waals surface area contributed by atoms with Gasteiger partial charge in [0.1, 0.15) is 18.3 Å². The second-order valence-electron chi connectivity index (χ2n) is 7.02. The fraction of sp³-hybridized carbons (Fsp3) is 0.474. The third kappa shape index (κ3) is 3.07. The summed E-state index contributed by atoms with van der Waals surface area (Å²) >= 11 is 0. The second-order valence-corrected chi connectivity index (χ2v) is 7.02. The van der Waals surface area contributed by atoms with Crippen molar-refractivity contribution >= 4 is 11.9 Å². The summed E-state index contributed by atoms with van der Waals surface area (Å²) in [5.41, 5.74) is 2.02. The van der Waals surface area contributed by atoms with Crippen LogP contribution in [0.3, 0.4) is 0 Å². The van der Waals surface area contributed by atoms with E-state index < -0.39 is 42.0 Å². The van der Waals surface area contributed by atoms with Crippen LogP contribution in [0.15, 0.2) is 47.6 Å². The molecule has 0 saturated carbocycles. The quantitative estimate of drug-likeness (QED) is 0.468. The van der Waals surface area contributed by atoms with Crippen LogP contribution in [-0.2, 0) is 23.8 Å². The molecule has 0 aromatic heterocycles. The summed E-state index contributed by atoms with van der Waals surface area (Å²) in [4.78, 5) is 24.2. The van der Waals surface area contributed by atoms with Crippen molar-refractivity contribution in [3.8, 4) is 0 Å². The Morgan fingerprint density at radius 3 is 2.72 bits per heavy atom. The SMILES string of the molecule is C=C(C)C(=O)OC1C/C(C)=C\C2(O)C=C(C)C(O2)[C@H]2OC(=O)C(=C)C12. The molecule has 3 aliphatic rings. The van der Waals surface area contributed by atoms with E-state index in [1.807, 2.05) is 0 Å². The van der Waals surface area contributed by atoms with Gasteiger partial charge in [-0.1, -0.05) is 18.7 Å². The summed E-state index contributed by atoms with van der Waals surface area (Å²) in [6, 6.07) is 0. The van der Waals surface area contributed by atoms with Crippen molar-refractivity contribution in [2.45, 2.75) is 51.3 Å². The topological polar surface area (TPSA) is 82.1 Å². The minimum absolute atomic E-state index is 0.242. The van der Waals surface area contributed by atoms with Crippen LogP contribution in [-0.4, -0.2) is 41.1 Å². The fourth-order valence-corrected chi connectivity index (χ4v) is 3.64. The molecule has 1 N–H and O–H groups in total. The number of carbonyl (C=O) groups excluding carboxylic acids is 2. The van der Waals surface area contributed by atoms with Crippen molar-refractivity contribution < 1.29 is 28.9 Å². The van der Waals surface area contributed by atoms with Crippen molar-refractivity contribution in [3.63, 3.8) is 0 Å². The zero-order chi connectivity index (χ0) is 18.5. The van der Waals surface area contributed by atoms with E-state index in [-0.39, 0.29) is 11.1 Å².